The molecule has 1 saturated heterocycles. The van der Waals surface area contributed by atoms with Crippen molar-refractivity contribution in [2.45, 2.75) is 18.8 Å². The smallest absolute Gasteiger partial charge is 0.160 e. The topological polar surface area (TPSA) is 38.7 Å². The highest BCUT2D eigenvalue weighted by molar-refractivity contribution is 9.10. The Bertz CT molecular complexity index is 366. The number of halogens is 2. The van der Waals surface area contributed by atoms with Gasteiger partial charge >= 0.3 is 0 Å². The van der Waals surface area contributed by atoms with Gasteiger partial charge in [0.1, 0.15) is 5.82 Å². The van der Waals surface area contributed by atoms with Crippen LogP contribution in [0.25, 0.3) is 0 Å². The fourth-order valence-corrected chi connectivity index (χ4v) is 2.01. The molecule has 0 bridgehead atoms. The fraction of sp³-hybridized carbons (Fsp3) is 0.455. The molecule has 0 aromatic heterocycles. The van der Waals surface area contributed by atoms with Gasteiger partial charge in [-0.25, -0.2) is 4.39 Å². The standard InChI is InChI=1S/C11H12BrFO3/c12-8-3-1-2-7(11(8)13)9(14)6-10-15-4-5-16-10/h1-3,9-10,14H,4-6H2. The van der Waals surface area contributed by atoms with Gasteiger partial charge in [-0.3, -0.25) is 0 Å². The Balaban J connectivity index is 2.07. The zero-order valence-electron chi connectivity index (χ0n) is 8.53. The lowest BCUT2D eigenvalue weighted by Gasteiger charge is -2.16. The van der Waals surface area contributed by atoms with Crippen molar-refractivity contribution in [3.05, 3.63) is 34.1 Å². The van der Waals surface area contributed by atoms with Crippen LogP contribution in [0.5, 0.6) is 0 Å². The zero-order chi connectivity index (χ0) is 11.5. The third-order valence-electron chi connectivity index (χ3n) is 2.45. The van der Waals surface area contributed by atoms with E-state index in [1.807, 2.05) is 0 Å². The van der Waals surface area contributed by atoms with E-state index in [1.54, 1.807) is 18.2 Å². The Morgan fingerprint density at radius 1 is 1.44 bits per heavy atom. The minimum Gasteiger partial charge on any atom is -0.388 e. The molecule has 1 aliphatic rings. The molecule has 5 heteroatoms. The third-order valence-corrected chi connectivity index (χ3v) is 3.06. The Morgan fingerprint density at radius 2 is 2.12 bits per heavy atom. The van der Waals surface area contributed by atoms with Gasteiger partial charge in [-0.05, 0) is 22.0 Å². The Hall–Kier alpha value is -0.490. The maximum absolute atomic E-state index is 13.6. The number of benzene rings is 1. The summed E-state index contributed by atoms with van der Waals surface area (Å²) in [7, 11) is 0. The maximum Gasteiger partial charge on any atom is 0.160 e. The molecule has 1 heterocycles. The summed E-state index contributed by atoms with van der Waals surface area (Å²) < 4.78 is 24.4. The van der Waals surface area contributed by atoms with Crippen LogP contribution in [0.15, 0.2) is 22.7 Å². The molecule has 0 spiro atoms. The molecule has 1 aromatic rings. The quantitative estimate of drug-likeness (QED) is 0.929. The van der Waals surface area contributed by atoms with Gasteiger partial charge in [-0.2, -0.15) is 0 Å². The molecule has 0 amide bonds. The van der Waals surface area contributed by atoms with E-state index in [2.05, 4.69) is 15.9 Å². The van der Waals surface area contributed by atoms with Crippen molar-refractivity contribution >= 4 is 15.9 Å². The molecule has 3 nitrogen and oxygen atoms in total. The van der Waals surface area contributed by atoms with Crippen molar-refractivity contribution < 1.29 is 19.0 Å². The van der Waals surface area contributed by atoms with Gasteiger partial charge in [0.2, 0.25) is 0 Å². The molecule has 1 atom stereocenters. The molecular formula is C11H12BrFO3. The van der Waals surface area contributed by atoms with Gasteiger partial charge < -0.3 is 14.6 Å². The van der Waals surface area contributed by atoms with Crippen LogP contribution >= 0.6 is 15.9 Å². The molecule has 1 aliphatic heterocycles. The van der Waals surface area contributed by atoms with Crippen LogP contribution in [-0.4, -0.2) is 24.6 Å². The van der Waals surface area contributed by atoms with E-state index in [9.17, 15) is 9.50 Å². The van der Waals surface area contributed by atoms with Gasteiger partial charge in [0.25, 0.3) is 0 Å². The lowest BCUT2D eigenvalue weighted by molar-refractivity contribution is -0.0712. The minimum atomic E-state index is -0.916. The molecule has 16 heavy (non-hydrogen) atoms. The number of aliphatic hydroxyl groups is 1. The highest BCUT2D eigenvalue weighted by atomic mass is 79.9. The second-order valence-electron chi connectivity index (χ2n) is 3.57. The molecule has 1 aromatic carbocycles. The second kappa shape index (κ2) is 5.23. The summed E-state index contributed by atoms with van der Waals surface area (Å²) in [5.41, 5.74) is 0.258. The summed E-state index contributed by atoms with van der Waals surface area (Å²) >= 11 is 3.08. The molecular weight excluding hydrogens is 279 g/mol. The van der Waals surface area contributed by atoms with E-state index >= 15 is 0 Å². The van der Waals surface area contributed by atoms with Crippen molar-refractivity contribution in [3.8, 4) is 0 Å². The number of ether oxygens (including phenoxy) is 2. The van der Waals surface area contributed by atoms with Crippen LogP contribution in [0, 0.1) is 5.82 Å². The highest BCUT2D eigenvalue weighted by Crippen LogP contribution is 2.27. The summed E-state index contributed by atoms with van der Waals surface area (Å²) in [6.07, 6.45) is -1.11. The van der Waals surface area contributed by atoms with Crippen molar-refractivity contribution in [2.75, 3.05) is 13.2 Å². The number of hydrogen-bond donors (Lipinski definition) is 1. The highest BCUT2D eigenvalue weighted by Gasteiger charge is 2.23. The molecule has 1 N–H and O–H groups in total. The Morgan fingerprint density at radius 3 is 2.81 bits per heavy atom. The first kappa shape index (κ1) is 12.0. The van der Waals surface area contributed by atoms with Crippen molar-refractivity contribution in [1.29, 1.82) is 0 Å². The van der Waals surface area contributed by atoms with Gasteiger partial charge in [0, 0.05) is 12.0 Å². The first-order chi connectivity index (χ1) is 7.68. The SMILES string of the molecule is OC(CC1OCCO1)c1cccc(Br)c1F. The van der Waals surface area contributed by atoms with Crippen LogP contribution in [0.1, 0.15) is 18.1 Å². The van der Waals surface area contributed by atoms with E-state index in [1.165, 1.54) is 0 Å². The monoisotopic (exact) mass is 290 g/mol. The predicted octanol–water partition coefficient (Wildman–Crippen LogP) is 2.38. The van der Waals surface area contributed by atoms with Crippen LogP contribution in [0.3, 0.4) is 0 Å². The van der Waals surface area contributed by atoms with Crippen LogP contribution < -0.4 is 0 Å². The van der Waals surface area contributed by atoms with Gasteiger partial charge in [-0.1, -0.05) is 12.1 Å². The number of hydrogen-bond acceptors (Lipinski definition) is 3. The predicted molar refractivity (Wildman–Crippen MR) is 59.4 cm³/mol. The Kier molecular flexibility index (Phi) is 3.91. The van der Waals surface area contributed by atoms with Crippen molar-refractivity contribution in [2.24, 2.45) is 0 Å². The van der Waals surface area contributed by atoms with E-state index in [0.717, 1.165) is 0 Å². The fourth-order valence-electron chi connectivity index (χ4n) is 1.63. The number of rotatable bonds is 3. The molecule has 0 saturated carbocycles. The van der Waals surface area contributed by atoms with E-state index in [0.29, 0.717) is 17.7 Å². The zero-order valence-corrected chi connectivity index (χ0v) is 10.1. The minimum absolute atomic E-state index is 0.243. The molecule has 1 fully saturated rings. The van der Waals surface area contributed by atoms with Crippen molar-refractivity contribution in [1.82, 2.24) is 0 Å². The molecule has 2 rings (SSSR count). The maximum atomic E-state index is 13.6. The average Bonchev–Trinajstić information content (AvgIpc) is 2.74. The second-order valence-corrected chi connectivity index (χ2v) is 4.42. The number of aliphatic hydroxyl groups excluding tert-OH is 1. The first-order valence-corrected chi connectivity index (χ1v) is 5.83. The average molecular weight is 291 g/mol. The summed E-state index contributed by atoms with van der Waals surface area (Å²) in [6.45, 7) is 1.05. The molecule has 88 valence electrons. The first-order valence-electron chi connectivity index (χ1n) is 5.03. The summed E-state index contributed by atoms with van der Waals surface area (Å²) in [6, 6.07) is 4.83. The molecule has 0 radical (unpaired) electrons. The lowest BCUT2D eigenvalue weighted by atomic mass is 10.1. The Labute approximate surface area is 101 Å². The lowest BCUT2D eigenvalue weighted by Crippen LogP contribution is -2.14. The normalized spacial score (nSPS) is 18.9. The van der Waals surface area contributed by atoms with Crippen LogP contribution in [0.2, 0.25) is 0 Å². The van der Waals surface area contributed by atoms with Crippen molar-refractivity contribution in [3.63, 3.8) is 0 Å². The third kappa shape index (κ3) is 2.60. The molecule has 0 aliphatic carbocycles. The van der Waals surface area contributed by atoms with Crippen LogP contribution in [0.4, 0.5) is 4.39 Å². The summed E-state index contributed by atoms with van der Waals surface area (Å²) in [4.78, 5) is 0. The van der Waals surface area contributed by atoms with Crippen LogP contribution in [-0.2, 0) is 9.47 Å². The summed E-state index contributed by atoms with van der Waals surface area (Å²) in [5, 5.41) is 9.87. The molecule has 1 unspecified atom stereocenters. The largest absolute Gasteiger partial charge is 0.388 e. The summed E-state index contributed by atoms with van der Waals surface area (Å²) in [5.74, 6) is -0.437. The van der Waals surface area contributed by atoms with E-state index in [-0.39, 0.29) is 12.0 Å². The van der Waals surface area contributed by atoms with E-state index < -0.39 is 18.2 Å². The van der Waals surface area contributed by atoms with Gasteiger partial charge in [-0.15, -0.1) is 0 Å². The van der Waals surface area contributed by atoms with E-state index in [4.69, 9.17) is 9.47 Å². The van der Waals surface area contributed by atoms with Gasteiger partial charge in [0.05, 0.1) is 23.8 Å². The van der Waals surface area contributed by atoms with Gasteiger partial charge in [0.15, 0.2) is 6.29 Å².